The molecule has 0 aliphatic heterocycles. The molecule has 0 bridgehead atoms. The summed E-state index contributed by atoms with van der Waals surface area (Å²) < 4.78 is 0. The maximum Gasteiger partial charge on any atom is 0.222 e. The zero-order chi connectivity index (χ0) is 11.4. The molecule has 15 heavy (non-hydrogen) atoms. The third kappa shape index (κ3) is 3.27. The third-order valence-corrected chi connectivity index (χ3v) is 2.48. The van der Waals surface area contributed by atoms with Crippen molar-refractivity contribution in [3.8, 4) is 0 Å². The Labute approximate surface area is 90.9 Å². The summed E-state index contributed by atoms with van der Waals surface area (Å²) in [6, 6.07) is 5.82. The molecule has 1 rings (SSSR count). The van der Waals surface area contributed by atoms with Crippen molar-refractivity contribution in [3.05, 3.63) is 29.3 Å². The summed E-state index contributed by atoms with van der Waals surface area (Å²) in [5.74, 6) is 0.150. The molecule has 3 heteroatoms. The zero-order valence-electron chi connectivity index (χ0n) is 9.58. The first-order valence-corrected chi connectivity index (χ1v) is 5.06. The van der Waals surface area contributed by atoms with E-state index in [1.54, 1.807) is 19.0 Å². The molecule has 0 saturated carbocycles. The average molecular weight is 206 g/mol. The molecule has 0 aliphatic carbocycles. The Bertz CT molecular complexity index is 359. The maximum absolute atomic E-state index is 11.4. The van der Waals surface area contributed by atoms with Gasteiger partial charge in [-0.2, -0.15) is 0 Å². The molecule has 3 nitrogen and oxygen atoms in total. The second-order valence-corrected chi connectivity index (χ2v) is 3.97. The lowest BCUT2D eigenvalue weighted by atomic mass is 10.0. The number of carbonyl (C=O) groups is 1. The highest BCUT2D eigenvalue weighted by atomic mass is 16.2. The lowest BCUT2D eigenvalue weighted by Gasteiger charge is -2.11. The molecule has 0 saturated heterocycles. The average Bonchev–Trinajstić information content (AvgIpc) is 2.18. The Kier molecular flexibility index (Phi) is 3.72. The largest absolute Gasteiger partial charge is 0.399 e. The van der Waals surface area contributed by atoms with Crippen LogP contribution in [0.25, 0.3) is 0 Å². The van der Waals surface area contributed by atoms with Gasteiger partial charge in [0.1, 0.15) is 0 Å². The Morgan fingerprint density at radius 1 is 1.40 bits per heavy atom. The molecule has 0 radical (unpaired) electrons. The van der Waals surface area contributed by atoms with Crippen LogP contribution in [0.2, 0.25) is 0 Å². The van der Waals surface area contributed by atoms with Gasteiger partial charge in [-0.3, -0.25) is 4.79 Å². The van der Waals surface area contributed by atoms with E-state index >= 15 is 0 Å². The summed E-state index contributed by atoms with van der Waals surface area (Å²) in [5.41, 5.74) is 8.80. The van der Waals surface area contributed by atoms with Crippen LogP contribution >= 0.6 is 0 Å². The summed E-state index contributed by atoms with van der Waals surface area (Å²) in [4.78, 5) is 13.0. The van der Waals surface area contributed by atoms with Crippen LogP contribution in [0.3, 0.4) is 0 Å². The van der Waals surface area contributed by atoms with Crippen LogP contribution in [0.5, 0.6) is 0 Å². The maximum atomic E-state index is 11.4. The van der Waals surface area contributed by atoms with E-state index in [2.05, 4.69) is 0 Å². The Hall–Kier alpha value is -1.51. The summed E-state index contributed by atoms with van der Waals surface area (Å²) in [5, 5.41) is 0. The van der Waals surface area contributed by atoms with E-state index in [0.29, 0.717) is 6.42 Å². The fraction of sp³-hybridized carbons (Fsp3) is 0.417. The summed E-state index contributed by atoms with van der Waals surface area (Å²) in [6.07, 6.45) is 1.30. The number of nitrogens with zero attached hydrogens (tertiary/aromatic N) is 1. The van der Waals surface area contributed by atoms with Crippen LogP contribution in [0.1, 0.15) is 17.5 Å². The lowest BCUT2D eigenvalue weighted by molar-refractivity contribution is -0.128. The van der Waals surface area contributed by atoms with Gasteiger partial charge in [-0.25, -0.2) is 0 Å². The molecule has 0 aromatic heterocycles. The van der Waals surface area contributed by atoms with E-state index in [4.69, 9.17) is 5.73 Å². The fourth-order valence-corrected chi connectivity index (χ4v) is 1.43. The molecule has 82 valence electrons. The van der Waals surface area contributed by atoms with Crippen molar-refractivity contribution in [1.82, 2.24) is 4.90 Å². The molecule has 0 atom stereocenters. The molecule has 0 spiro atoms. The topological polar surface area (TPSA) is 46.3 Å². The molecule has 1 aromatic rings. The van der Waals surface area contributed by atoms with E-state index in [9.17, 15) is 4.79 Å². The molecule has 1 aromatic carbocycles. The van der Waals surface area contributed by atoms with Gasteiger partial charge in [-0.05, 0) is 36.6 Å². The predicted molar refractivity (Wildman–Crippen MR) is 62.6 cm³/mol. The number of rotatable bonds is 3. The number of hydrogen-bond acceptors (Lipinski definition) is 2. The lowest BCUT2D eigenvalue weighted by Crippen LogP contribution is -2.21. The zero-order valence-corrected chi connectivity index (χ0v) is 9.58. The molecule has 0 aliphatic rings. The second kappa shape index (κ2) is 4.82. The van der Waals surface area contributed by atoms with Crippen molar-refractivity contribution in [2.45, 2.75) is 19.8 Å². The van der Waals surface area contributed by atoms with Crippen molar-refractivity contribution in [1.29, 1.82) is 0 Å². The van der Waals surface area contributed by atoms with Gasteiger partial charge in [-0.15, -0.1) is 0 Å². The van der Waals surface area contributed by atoms with E-state index < -0.39 is 0 Å². The molecule has 1 amide bonds. The number of aryl methyl sites for hydroxylation is 2. The van der Waals surface area contributed by atoms with E-state index in [1.807, 2.05) is 25.1 Å². The van der Waals surface area contributed by atoms with Gasteiger partial charge in [0.05, 0.1) is 0 Å². The molecule has 0 unspecified atom stereocenters. The van der Waals surface area contributed by atoms with Gasteiger partial charge in [-0.1, -0.05) is 6.07 Å². The Morgan fingerprint density at radius 3 is 2.67 bits per heavy atom. The van der Waals surface area contributed by atoms with E-state index in [0.717, 1.165) is 17.7 Å². The van der Waals surface area contributed by atoms with Gasteiger partial charge >= 0.3 is 0 Å². The van der Waals surface area contributed by atoms with Crippen molar-refractivity contribution >= 4 is 11.6 Å². The van der Waals surface area contributed by atoms with Gasteiger partial charge < -0.3 is 10.6 Å². The predicted octanol–water partition coefficient (Wildman–Crippen LogP) is 1.60. The highest BCUT2D eigenvalue weighted by Gasteiger charge is 2.06. The molecule has 0 heterocycles. The SMILES string of the molecule is Cc1ccc(N)cc1CCC(=O)N(C)C. The number of nitrogen functional groups attached to an aromatic ring is 1. The van der Waals surface area contributed by atoms with Gasteiger partial charge in [0.2, 0.25) is 5.91 Å². The third-order valence-electron chi connectivity index (χ3n) is 2.48. The quantitative estimate of drug-likeness (QED) is 0.763. The van der Waals surface area contributed by atoms with Crippen molar-refractivity contribution in [2.24, 2.45) is 0 Å². The van der Waals surface area contributed by atoms with E-state index in [1.165, 1.54) is 5.56 Å². The van der Waals surface area contributed by atoms with Crippen molar-refractivity contribution < 1.29 is 4.79 Å². The summed E-state index contributed by atoms with van der Waals surface area (Å²) >= 11 is 0. The van der Waals surface area contributed by atoms with Crippen LogP contribution in [-0.4, -0.2) is 24.9 Å². The number of hydrogen-bond donors (Lipinski definition) is 1. The Morgan fingerprint density at radius 2 is 2.07 bits per heavy atom. The van der Waals surface area contributed by atoms with Gasteiger partial charge in [0.15, 0.2) is 0 Å². The van der Waals surface area contributed by atoms with Gasteiger partial charge in [0.25, 0.3) is 0 Å². The number of carbonyl (C=O) groups excluding carboxylic acids is 1. The molecular weight excluding hydrogens is 188 g/mol. The number of benzene rings is 1. The summed E-state index contributed by atoms with van der Waals surface area (Å²) in [6.45, 7) is 2.04. The minimum absolute atomic E-state index is 0.150. The van der Waals surface area contributed by atoms with Crippen molar-refractivity contribution in [2.75, 3.05) is 19.8 Å². The molecule has 0 fully saturated rings. The minimum Gasteiger partial charge on any atom is -0.399 e. The highest BCUT2D eigenvalue weighted by molar-refractivity contribution is 5.75. The first-order chi connectivity index (χ1) is 7.00. The minimum atomic E-state index is 0.150. The second-order valence-electron chi connectivity index (χ2n) is 3.97. The van der Waals surface area contributed by atoms with E-state index in [-0.39, 0.29) is 5.91 Å². The van der Waals surface area contributed by atoms with Crippen LogP contribution in [-0.2, 0) is 11.2 Å². The summed E-state index contributed by atoms with van der Waals surface area (Å²) in [7, 11) is 3.54. The standard InChI is InChI=1S/C12H18N2O/c1-9-4-6-11(13)8-10(9)5-7-12(15)14(2)3/h4,6,8H,5,7,13H2,1-3H3. The first kappa shape index (κ1) is 11.6. The number of amides is 1. The number of nitrogens with two attached hydrogens (primary N) is 1. The smallest absolute Gasteiger partial charge is 0.222 e. The monoisotopic (exact) mass is 206 g/mol. The first-order valence-electron chi connectivity index (χ1n) is 5.06. The normalized spacial score (nSPS) is 10.1. The van der Waals surface area contributed by atoms with Crippen LogP contribution in [0.15, 0.2) is 18.2 Å². The fourth-order valence-electron chi connectivity index (χ4n) is 1.43. The molecule has 2 N–H and O–H groups in total. The van der Waals surface area contributed by atoms with Crippen LogP contribution in [0, 0.1) is 6.92 Å². The molecular formula is C12H18N2O. The Balaban J connectivity index is 2.65. The van der Waals surface area contributed by atoms with Gasteiger partial charge in [0, 0.05) is 26.2 Å². The van der Waals surface area contributed by atoms with Crippen LogP contribution < -0.4 is 5.73 Å². The van der Waals surface area contributed by atoms with Crippen LogP contribution in [0.4, 0.5) is 5.69 Å². The van der Waals surface area contributed by atoms with Crippen molar-refractivity contribution in [3.63, 3.8) is 0 Å². The number of anilines is 1. The highest BCUT2D eigenvalue weighted by Crippen LogP contribution is 2.14.